The normalized spacial score (nSPS) is 18.9. The number of likely N-dealkylation sites (N-methyl/N-ethyl adjacent to an activating group) is 2. The molecule has 0 radical (unpaired) electrons. The number of hydrogen-bond donors (Lipinski definition) is 2. The molecule has 0 spiro atoms. The van der Waals surface area contributed by atoms with Gasteiger partial charge in [0.05, 0.1) is 34.2 Å². The summed E-state index contributed by atoms with van der Waals surface area (Å²) in [5.41, 5.74) is 14.9. The van der Waals surface area contributed by atoms with Crippen LogP contribution in [0, 0.1) is 13.8 Å². The Balaban J connectivity index is 0.743. The number of piperazine rings is 2. The third-order valence-corrected chi connectivity index (χ3v) is 14.7. The molecule has 19 nitrogen and oxygen atoms in total. The number of amides is 2. The highest BCUT2D eigenvalue weighted by Gasteiger charge is 2.44. The number of hydrogen-bond acceptors (Lipinski definition) is 13. The average molecular weight is 965 g/mol. The molecule has 72 heavy (non-hydrogen) atoms. The van der Waals surface area contributed by atoms with Gasteiger partial charge in [-0.05, 0) is 101 Å². The minimum atomic E-state index is -0.118. The predicted molar refractivity (Wildman–Crippen MR) is 273 cm³/mol. The molecular weight excluding hydrogens is 905 g/mol. The molecular formula is C53H60N18O. The largest absolute Gasteiger partial charge is 0.339 e. The second kappa shape index (κ2) is 18.6. The number of nitrogens with one attached hydrogen (secondary N) is 2. The first-order valence-electron chi connectivity index (χ1n) is 25.1. The van der Waals surface area contributed by atoms with Crippen molar-refractivity contribution in [3.8, 4) is 68.1 Å². The fourth-order valence-electron chi connectivity index (χ4n) is 10.8. The van der Waals surface area contributed by atoms with Crippen LogP contribution < -0.4 is 0 Å². The predicted octanol–water partition coefficient (Wildman–Crippen LogP) is 6.36. The number of H-pyrrole nitrogens is 2. The van der Waals surface area contributed by atoms with Gasteiger partial charge in [-0.25, -0.2) is 14.8 Å². The summed E-state index contributed by atoms with van der Waals surface area (Å²) in [5, 5.41) is 9.78. The van der Waals surface area contributed by atoms with E-state index in [-0.39, 0.29) is 18.4 Å². The van der Waals surface area contributed by atoms with Crippen LogP contribution in [0.3, 0.4) is 0 Å². The monoisotopic (exact) mass is 965 g/mol. The number of aromatic nitrogens is 12. The first kappa shape index (κ1) is 45.7. The van der Waals surface area contributed by atoms with Gasteiger partial charge in [0.1, 0.15) is 35.1 Å². The third kappa shape index (κ3) is 8.54. The van der Waals surface area contributed by atoms with Crippen LogP contribution in [0.5, 0.6) is 0 Å². The minimum Gasteiger partial charge on any atom is -0.339 e. The van der Waals surface area contributed by atoms with Gasteiger partial charge in [-0.15, -0.1) is 0 Å². The Labute approximate surface area is 418 Å². The molecule has 0 saturated carbocycles. The fourth-order valence-corrected chi connectivity index (χ4v) is 10.8. The van der Waals surface area contributed by atoms with E-state index in [4.69, 9.17) is 40.1 Å². The van der Waals surface area contributed by atoms with Crippen molar-refractivity contribution in [2.24, 2.45) is 0 Å². The SMILES string of the molecule is CCn1cc(-c2ccnc(-c3nc4c([nH]3)CN(C3CN(C)CCN3C(=O)N3CCN(C)CC3N3Cc5nc(-c6cc(-c7cn(CC)nc7-c7cccc(C)n7)ccn6)[nH]c5C3)C4)c2)c(-c2cccc(C)n2)n1. The summed E-state index contributed by atoms with van der Waals surface area (Å²) in [6, 6.07) is 20.3. The van der Waals surface area contributed by atoms with Crippen molar-refractivity contribution in [2.75, 3.05) is 53.4 Å². The third-order valence-electron chi connectivity index (χ3n) is 14.7. The first-order valence-corrected chi connectivity index (χ1v) is 25.1. The van der Waals surface area contributed by atoms with Gasteiger partial charge in [-0.2, -0.15) is 10.2 Å². The number of pyridine rings is 4. The van der Waals surface area contributed by atoms with E-state index in [0.29, 0.717) is 39.3 Å². The number of rotatable bonds is 10. The van der Waals surface area contributed by atoms with Crippen LogP contribution in [0.4, 0.5) is 4.79 Å². The minimum absolute atomic E-state index is 0.0832. The van der Waals surface area contributed by atoms with Crippen molar-refractivity contribution in [2.45, 2.75) is 79.3 Å². The second-order valence-corrected chi connectivity index (χ2v) is 19.7. The van der Waals surface area contributed by atoms with E-state index < -0.39 is 0 Å². The average Bonchev–Trinajstić information content (AvgIpc) is 4.26. The lowest BCUT2D eigenvalue weighted by Crippen LogP contribution is -2.67. The topological polar surface area (TPSA) is 181 Å². The zero-order valence-corrected chi connectivity index (χ0v) is 41.8. The molecule has 0 aliphatic carbocycles. The highest BCUT2D eigenvalue weighted by atomic mass is 16.2. The highest BCUT2D eigenvalue weighted by Crippen LogP contribution is 2.36. The Bertz CT molecular complexity index is 3050. The van der Waals surface area contributed by atoms with Gasteiger partial charge in [-0.3, -0.25) is 39.1 Å². The summed E-state index contributed by atoms with van der Waals surface area (Å²) in [6.45, 7) is 16.6. The molecule has 8 aromatic rings. The lowest BCUT2D eigenvalue weighted by molar-refractivity contribution is -0.0377. The van der Waals surface area contributed by atoms with E-state index in [9.17, 15) is 0 Å². The molecule has 12 heterocycles. The molecule has 2 saturated heterocycles. The van der Waals surface area contributed by atoms with Gasteiger partial charge in [0.15, 0.2) is 11.6 Å². The lowest BCUT2D eigenvalue weighted by atomic mass is 10.0. The van der Waals surface area contributed by atoms with E-state index >= 15 is 4.79 Å². The molecule has 4 aliphatic heterocycles. The van der Waals surface area contributed by atoms with E-state index in [1.54, 1.807) is 0 Å². The van der Waals surface area contributed by atoms with Gasteiger partial charge in [-0.1, -0.05) is 12.1 Å². The number of imidazole rings is 2. The number of carbonyl (C=O) groups excluding carboxylic acids is 1. The Kier molecular flexibility index (Phi) is 11.8. The molecule has 8 aromatic heterocycles. The van der Waals surface area contributed by atoms with Gasteiger partial charge in [0.25, 0.3) is 0 Å². The van der Waals surface area contributed by atoms with E-state index in [0.717, 1.165) is 141 Å². The Morgan fingerprint density at radius 2 is 1.04 bits per heavy atom. The zero-order valence-electron chi connectivity index (χ0n) is 41.8. The number of urea groups is 1. The molecule has 2 fully saturated rings. The summed E-state index contributed by atoms with van der Waals surface area (Å²) in [5.74, 6) is 1.47. The summed E-state index contributed by atoms with van der Waals surface area (Å²) in [4.78, 5) is 65.4. The molecule has 0 bridgehead atoms. The maximum atomic E-state index is 15.1. The van der Waals surface area contributed by atoms with Crippen molar-refractivity contribution in [1.82, 2.24) is 88.8 Å². The summed E-state index contributed by atoms with van der Waals surface area (Å²) >= 11 is 0. The molecule has 2 atom stereocenters. The Morgan fingerprint density at radius 3 is 1.46 bits per heavy atom. The second-order valence-electron chi connectivity index (χ2n) is 19.7. The summed E-state index contributed by atoms with van der Waals surface area (Å²) < 4.78 is 3.90. The quantitative estimate of drug-likeness (QED) is 0.155. The van der Waals surface area contributed by atoms with Crippen molar-refractivity contribution in [3.05, 3.63) is 120 Å². The Hall–Kier alpha value is -7.45. The maximum absolute atomic E-state index is 15.1. The standard InChI is InChI=1S/C53H60N18O/c1-7-68-25-37(49(62-68)39-13-9-11-33(3)56-39)35-15-17-54-41(23-35)51-58-43-27-66(28-44(43)59-51)47-31-64(5)19-21-70(47)53(72)71-22-20-65(6)32-48(71)67-29-45-46(30-67)61-52(60-45)42-24-36(16-18-55-42)38-26-69(8-2)63-50(38)40-14-10-12-34(4)57-40/h9-18,23-26,47-48H,7-8,19-22,27-32H2,1-6H3,(H,58,59)(H,60,61). The van der Waals surface area contributed by atoms with Crippen molar-refractivity contribution < 1.29 is 4.79 Å². The van der Waals surface area contributed by atoms with Crippen LogP contribution in [0.25, 0.3) is 68.1 Å². The fraction of sp³-hybridized carbons (Fsp3) is 0.377. The maximum Gasteiger partial charge on any atom is 0.322 e. The first-order chi connectivity index (χ1) is 35.0. The van der Waals surface area contributed by atoms with Crippen molar-refractivity contribution >= 4 is 6.03 Å². The van der Waals surface area contributed by atoms with Gasteiger partial charge in [0, 0.05) is 126 Å². The molecule has 2 N–H and O–H groups in total. The van der Waals surface area contributed by atoms with E-state index in [1.165, 1.54) is 0 Å². The highest BCUT2D eigenvalue weighted by molar-refractivity contribution is 5.82. The van der Waals surface area contributed by atoms with Crippen LogP contribution in [-0.2, 0) is 39.3 Å². The molecule has 2 unspecified atom stereocenters. The molecule has 368 valence electrons. The Morgan fingerprint density at radius 1 is 0.583 bits per heavy atom. The van der Waals surface area contributed by atoms with Crippen LogP contribution in [0.1, 0.15) is 48.0 Å². The number of nitrogens with zero attached hydrogens (tertiary/aromatic N) is 16. The van der Waals surface area contributed by atoms with Crippen LogP contribution in [-0.4, -0.2) is 161 Å². The number of fused-ring (bicyclic) bond motifs is 2. The van der Waals surface area contributed by atoms with Gasteiger partial charge in [0.2, 0.25) is 0 Å². The van der Waals surface area contributed by atoms with Crippen molar-refractivity contribution in [1.29, 1.82) is 0 Å². The van der Waals surface area contributed by atoms with Crippen LogP contribution >= 0.6 is 0 Å². The number of aryl methyl sites for hydroxylation is 4. The van der Waals surface area contributed by atoms with Crippen LogP contribution in [0.15, 0.2) is 85.5 Å². The summed E-state index contributed by atoms with van der Waals surface area (Å²) in [7, 11) is 4.29. The van der Waals surface area contributed by atoms with E-state index in [1.807, 2.05) is 84.1 Å². The van der Waals surface area contributed by atoms with Crippen molar-refractivity contribution in [3.63, 3.8) is 0 Å². The molecule has 4 aliphatic rings. The van der Waals surface area contributed by atoms with E-state index in [2.05, 4.69) is 91.8 Å². The number of carbonyl (C=O) groups is 1. The molecule has 12 rings (SSSR count). The van der Waals surface area contributed by atoms with Crippen LogP contribution in [0.2, 0.25) is 0 Å². The van der Waals surface area contributed by atoms with Gasteiger partial charge < -0.3 is 29.6 Å². The smallest absolute Gasteiger partial charge is 0.322 e. The molecule has 0 aromatic carbocycles. The zero-order chi connectivity index (χ0) is 49.2. The molecule has 2 amide bonds. The summed E-state index contributed by atoms with van der Waals surface area (Å²) in [6.07, 6.45) is 7.60. The van der Waals surface area contributed by atoms with Gasteiger partial charge >= 0.3 is 6.03 Å². The number of aromatic amines is 2. The molecule has 19 heteroatoms. The lowest BCUT2D eigenvalue weighted by Gasteiger charge is -2.50.